The van der Waals surface area contributed by atoms with Crippen molar-refractivity contribution in [2.45, 2.75) is 95.1 Å². The molecule has 0 aromatic heterocycles. The molecule has 3 aliphatic rings. The topological polar surface area (TPSA) is 95.9 Å². The Labute approximate surface area is 301 Å². The van der Waals surface area contributed by atoms with Crippen molar-refractivity contribution in [3.63, 3.8) is 0 Å². The van der Waals surface area contributed by atoms with E-state index in [4.69, 9.17) is 4.74 Å². The summed E-state index contributed by atoms with van der Waals surface area (Å²) in [6.07, 6.45) is 11.8. The molecule has 7 nitrogen and oxygen atoms in total. The zero-order valence-electron chi connectivity index (χ0n) is 29.3. The van der Waals surface area contributed by atoms with E-state index >= 15 is 0 Å². The number of carbonyl (C=O) groups excluding carboxylic acids is 2. The molecule has 2 saturated carbocycles. The summed E-state index contributed by atoms with van der Waals surface area (Å²) in [5.74, 6) is 0.550. The van der Waals surface area contributed by atoms with Crippen molar-refractivity contribution in [1.29, 1.82) is 0 Å². The minimum absolute atomic E-state index is 0.0549. The van der Waals surface area contributed by atoms with Gasteiger partial charge in [-0.05, 0) is 102 Å². The summed E-state index contributed by atoms with van der Waals surface area (Å²) in [6.45, 7) is 0.401. The Kier molecular flexibility index (Phi) is 10.8. The van der Waals surface area contributed by atoms with Crippen molar-refractivity contribution in [3.8, 4) is 22.6 Å². The summed E-state index contributed by atoms with van der Waals surface area (Å²) >= 11 is 0. The van der Waals surface area contributed by atoms with Gasteiger partial charge >= 0.3 is 5.97 Å². The predicted octanol–water partition coefficient (Wildman–Crippen LogP) is 9.01. The second-order valence-electron chi connectivity index (χ2n) is 14.6. The van der Waals surface area contributed by atoms with Gasteiger partial charge in [0.25, 0.3) is 0 Å². The van der Waals surface area contributed by atoms with E-state index in [1.807, 2.05) is 84.9 Å². The summed E-state index contributed by atoms with van der Waals surface area (Å²) in [6, 6.07) is 29.7. The van der Waals surface area contributed by atoms with Gasteiger partial charge in [0.2, 0.25) is 11.8 Å². The van der Waals surface area contributed by atoms with Crippen LogP contribution in [0.15, 0.2) is 97.1 Å². The zero-order chi connectivity index (χ0) is 35.2. The first kappa shape index (κ1) is 34.5. The van der Waals surface area contributed by atoms with Crippen LogP contribution in [-0.2, 0) is 27.2 Å². The van der Waals surface area contributed by atoms with Gasteiger partial charge in [0.05, 0.1) is 0 Å². The van der Waals surface area contributed by atoms with Crippen LogP contribution in [0.4, 0.5) is 0 Å². The Hall–Kier alpha value is -4.91. The molecule has 7 heteroatoms. The Bertz CT molecular complexity index is 1810. The maximum Gasteiger partial charge on any atom is 0.326 e. The van der Waals surface area contributed by atoms with Crippen LogP contribution in [-0.4, -0.2) is 40.4 Å². The summed E-state index contributed by atoms with van der Waals surface area (Å²) < 4.78 is 6.33. The summed E-state index contributed by atoms with van der Waals surface area (Å²) in [5.41, 5.74) is 5.90. The predicted molar refractivity (Wildman–Crippen MR) is 199 cm³/mol. The molecule has 4 aromatic rings. The van der Waals surface area contributed by atoms with Crippen molar-refractivity contribution in [1.82, 2.24) is 10.2 Å². The molecule has 4 aromatic carbocycles. The highest BCUT2D eigenvalue weighted by molar-refractivity contribution is 5.92. The molecule has 7 rings (SSSR count). The number of hydrogen-bond donors (Lipinski definition) is 2. The number of rotatable bonds is 11. The fourth-order valence-corrected chi connectivity index (χ4v) is 8.32. The molecule has 0 spiro atoms. The Balaban J connectivity index is 1.12. The van der Waals surface area contributed by atoms with Gasteiger partial charge in [0.1, 0.15) is 23.6 Å². The molecule has 1 aliphatic heterocycles. The van der Waals surface area contributed by atoms with Crippen molar-refractivity contribution in [3.05, 3.63) is 119 Å². The van der Waals surface area contributed by atoms with E-state index in [0.29, 0.717) is 48.3 Å². The third kappa shape index (κ3) is 8.36. The number of ether oxygens (including phenoxy) is 1. The van der Waals surface area contributed by atoms with Crippen molar-refractivity contribution in [2.75, 3.05) is 6.54 Å². The van der Waals surface area contributed by atoms with Gasteiger partial charge in [-0.2, -0.15) is 0 Å². The number of amides is 2. The number of carboxylic acids is 1. The van der Waals surface area contributed by atoms with E-state index in [1.54, 1.807) is 4.90 Å². The number of nitrogens with zero attached hydrogens (tertiary/aromatic N) is 1. The Morgan fingerprint density at radius 1 is 0.765 bits per heavy atom. The molecule has 1 heterocycles. The average Bonchev–Trinajstić information content (AvgIpc) is 3.68. The van der Waals surface area contributed by atoms with Gasteiger partial charge in [-0.3, -0.25) is 9.59 Å². The first-order chi connectivity index (χ1) is 24.9. The van der Waals surface area contributed by atoms with Crippen molar-refractivity contribution >= 4 is 17.8 Å². The SMILES string of the molecule is O=C(N[C@@H](Cc1ccc(-c2ccccc2)cc1)C(=O)O)C1c2cc(Oc3ccc(C4CCCCC4)cc3)ccc2CCN1C(=O)CC1CCCC1. The van der Waals surface area contributed by atoms with E-state index < -0.39 is 24.0 Å². The molecule has 2 fully saturated rings. The molecule has 1 unspecified atom stereocenters. The fraction of sp³-hybridized carbons (Fsp3) is 0.386. The largest absolute Gasteiger partial charge is 0.480 e. The first-order valence-electron chi connectivity index (χ1n) is 18.8. The van der Waals surface area contributed by atoms with Crippen LogP contribution in [0, 0.1) is 5.92 Å². The molecule has 0 radical (unpaired) electrons. The second kappa shape index (κ2) is 16.0. The smallest absolute Gasteiger partial charge is 0.326 e. The van der Waals surface area contributed by atoms with Gasteiger partial charge in [-0.25, -0.2) is 4.79 Å². The van der Waals surface area contributed by atoms with Crippen LogP contribution in [0.25, 0.3) is 11.1 Å². The number of fused-ring (bicyclic) bond motifs is 1. The monoisotopic (exact) mass is 684 g/mol. The third-order valence-electron chi connectivity index (χ3n) is 11.2. The maximum atomic E-state index is 14.3. The van der Waals surface area contributed by atoms with Gasteiger partial charge in [0, 0.05) is 19.4 Å². The van der Waals surface area contributed by atoms with Gasteiger partial charge in [0.15, 0.2) is 0 Å². The highest BCUT2D eigenvalue weighted by Crippen LogP contribution is 2.38. The van der Waals surface area contributed by atoms with Crippen molar-refractivity contribution in [2.24, 2.45) is 5.92 Å². The third-order valence-corrected chi connectivity index (χ3v) is 11.2. The number of carbonyl (C=O) groups is 3. The molecular weight excluding hydrogens is 636 g/mol. The highest BCUT2D eigenvalue weighted by atomic mass is 16.5. The van der Waals surface area contributed by atoms with Gasteiger partial charge in [-0.15, -0.1) is 0 Å². The van der Waals surface area contributed by atoms with Gasteiger partial charge in [-0.1, -0.05) is 105 Å². The van der Waals surface area contributed by atoms with Crippen LogP contribution < -0.4 is 10.1 Å². The number of hydrogen-bond acceptors (Lipinski definition) is 4. The molecule has 2 aliphatic carbocycles. The quantitative estimate of drug-likeness (QED) is 0.164. The maximum absolute atomic E-state index is 14.3. The lowest BCUT2D eigenvalue weighted by Crippen LogP contribution is -2.51. The summed E-state index contributed by atoms with van der Waals surface area (Å²) in [7, 11) is 0. The van der Waals surface area contributed by atoms with Crippen LogP contribution >= 0.6 is 0 Å². The Morgan fingerprint density at radius 2 is 1.43 bits per heavy atom. The highest BCUT2D eigenvalue weighted by Gasteiger charge is 2.38. The minimum atomic E-state index is -1.17. The molecular formula is C44H48N2O5. The summed E-state index contributed by atoms with van der Waals surface area (Å²) in [4.78, 5) is 42.4. The lowest BCUT2D eigenvalue weighted by molar-refractivity contribution is -0.145. The molecule has 2 atom stereocenters. The number of carboxylic acid groups (broad SMARTS) is 1. The van der Waals surface area contributed by atoms with Crippen LogP contribution in [0.5, 0.6) is 11.5 Å². The van der Waals surface area contributed by atoms with E-state index in [9.17, 15) is 19.5 Å². The molecule has 2 N–H and O–H groups in total. The Morgan fingerprint density at radius 3 is 2.14 bits per heavy atom. The summed E-state index contributed by atoms with van der Waals surface area (Å²) in [5, 5.41) is 13.1. The number of aliphatic carboxylic acids is 1. The average molecular weight is 685 g/mol. The van der Waals surface area contributed by atoms with Crippen LogP contribution in [0.3, 0.4) is 0 Å². The van der Waals surface area contributed by atoms with E-state index in [2.05, 4.69) is 17.4 Å². The molecule has 0 bridgehead atoms. The van der Waals surface area contributed by atoms with E-state index in [-0.39, 0.29) is 12.3 Å². The fourth-order valence-electron chi connectivity index (χ4n) is 8.32. The molecule has 0 saturated heterocycles. The molecule has 51 heavy (non-hydrogen) atoms. The van der Waals surface area contributed by atoms with E-state index in [1.165, 1.54) is 37.7 Å². The standard InChI is InChI=1S/C44H48N2O5/c47-41(28-30-9-7-8-10-30)46-26-25-36-21-24-38(51-37-22-19-35(20-23-37)33-13-5-2-6-14-33)29-39(36)42(46)43(48)45-40(44(49)50)27-31-15-17-34(18-16-31)32-11-3-1-4-12-32/h1,3-4,11-12,15-24,29-30,33,40,42H,2,5-10,13-14,25-28H2,(H,45,48)(H,49,50)/t40-,42?/m0/s1. The minimum Gasteiger partial charge on any atom is -0.480 e. The van der Waals surface area contributed by atoms with Crippen LogP contribution in [0.2, 0.25) is 0 Å². The number of benzene rings is 4. The van der Waals surface area contributed by atoms with E-state index in [0.717, 1.165) is 47.9 Å². The van der Waals surface area contributed by atoms with Crippen molar-refractivity contribution < 1.29 is 24.2 Å². The van der Waals surface area contributed by atoms with Gasteiger partial charge < -0.3 is 20.1 Å². The molecule has 264 valence electrons. The zero-order valence-corrected chi connectivity index (χ0v) is 29.3. The lowest BCUT2D eigenvalue weighted by Gasteiger charge is -2.37. The lowest BCUT2D eigenvalue weighted by atomic mass is 9.84. The second-order valence-corrected chi connectivity index (χ2v) is 14.6. The molecule has 2 amide bonds. The normalized spacial score (nSPS) is 18.5. The van der Waals surface area contributed by atoms with Crippen LogP contribution in [0.1, 0.15) is 98.4 Å². The number of nitrogens with one attached hydrogen (secondary N) is 1. The first-order valence-corrected chi connectivity index (χ1v) is 18.8.